The highest BCUT2D eigenvalue weighted by atomic mass is 32.2. The van der Waals surface area contributed by atoms with Crippen LogP contribution in [0.15, 0.2) is 53.4 Å². The summed E-state index contributed by atoms with van der Waals surface area (Å²) in [5.41, 5.74) is 1.78. The first-order valence-electron chi connectivity index (χ1n) is 6.59. The average Bonchev–Trinajstić information content (AvgIpc) is 2.48. The van der Waals surface area contributed by atoms with Crippen LogP contribution in [0.2, 0.25) is 0 Å². The van der Waals surface area contributed by atoms with Gasteiger partial charge in [-0.2, -0.15) is 0 Å². The van der Waals surface area contributed by atoms with Crippen LogP contribution in [0.3, 0.4) is 0 Å². The van der Waals surface area contributed by atoms with Gasteiger partial charge in [0.05, 0.1) is 5.75 Å². The molecule has 0 bridgehead atoms. The van der Waals surface area contributed by atoms with E-state index in [9.17, 15) is 9.18 Å². The molecule has 2 aromatic rings. The first-order valence-corrected chi connectivity index (χ1v) is 7.57. The summed E-state index contributed by atoms with van der Waals surface area (Å²) in [6, 6.07) is 13.8. The van der Waals surface area contributed by atoms with Gasteiger partial charge in [-0.25, -0.2) is 4.39 Å². The van der Waals surface area contributed by atoms with Gasteiger partial charge in [0, 0.05) is 17.1 Å². The Bertz CT molecular complexity index is 601. The second-order valence-corrected chi connectivity index (χ2v) is 5.57. The van der Waals surface area contributed by atoms with Crippen molar-refractivity contribution in [3.8, 4) is 0 Å². The van der Waals surface area contributed by atoms with Crippen LogP contribution in [-0.2, 0) is 11.3 Å². The van der Waals surface area contributed by atoms with E-state index in [-0.39, 0.29) is 11.7 Å². The van der Waals surface area contributed by atoms with Crippen molar-refractivity contribution in [1.82, 2.24) is 5.32 Å². The zero-order valence-electron chi connectivity index (χ0n) is 11.7. The molecular weight excluding hydrogens is 287 g/mol. The van der Waals surface area contributed by atoms with Crippen LogP contribution in [0.4, 0.5) is 10.1 Å². The van der Waals surface area contributed by atoms with Gasteiger partial charge in [-0.15, -0.1) is 11.8 Å². The number of hydrogen-bond acceptors (Lipinski definition) is 3. The Morgan fingerprint density at radius 2 is 1.95 bits per heavy atom. The number of benzene rings is 2. The van der Waals surface area contributed by atoms with Crippen LogP contribution in [0, 0.1) is 5.82 Å². The van der Waals surface area contributed by atoms with E-state index in [1.165, 1.54) is 29.5 Å². The first kappa shape index (κ1) is 15.5. The molecule has 0 aliphatic rings. The fourth-order valence-corrected chi connectivity index (χ4v) is 2.61. The van der Waals surface area contributed by atoms with E-state index in [4.69, 9.17) is 0 Å². The summed E-state index contributed by atoms with van der Waals surface area (Å²) in [7, 11) is 1.90. The Balaban J connectivity index is 1.86. The van der Waals surface area contributed by atoms with Gasteiger partial charge in [0.25, 0.3) is 0 Å². The third-order valence-corrected chi connectivity index (χ3v) is 3.77. The van der Waals surface area contributed by atoms with Crippen molar-refractivity contribution in [2.24, 2.45) is 0 Å². The summed E-state index contributed by atoms with van der Waals surface area (Å²) in [5.74, 6) is -0.102. The van der Waals surface area contributed by atoms with E-state index in [0.717, 1.165) is 11.4 Å². The van der Waals surface area contributed by atoms with E-state index < -0.39 is 0 Å². The van der Waals surface area contributed by atoms with Gasteiger partial charge >= 0.3 is 0 Å². The summed E-state index contributed by atoms with van der Waals surface area (Å²) in [4.78, 5) is 12.9. The molecule has 3 nitrogen and oxygen atoms in total. The maximum Gasteiger partial charge on any atom is 0.234 e. The molecule has 2 rings (SSSR count). The minimum Gasteiger partial charge on any atom is -0.325 e. The van der Waals surface area contributed by atoms with E-state index in [1.807, 2.05) is 25.2 Å². The molecule has 0 fully saturated rings. The molecule has 0 unspecified atom stereocenters. The molecule has 0 saturated heterocycles. The summed E-state index contributed by atoms with van der Waals surface area (Å²) in [6.45, 7) is 0.802. The molecule has 2 N–H and O–H groups in total. The predicted octanol–water partition coefficient (Wildman–Crippen LogP) is 3.28. The summed E-state index contributed by atoms with van der Waals surface area (Å²) in [6.07, 6.45) is 0. The number of halogens is 1. The second-order valence-electron chi connectivity index (χ2n) is 4.52. The number of rotatable bonds is 6. The quantitative estimate of drug-likeness (QED) is 0.805. The second kappa shape index (κ2) is 7.81. The highest BCUT2D eigenvalue weighted by Crippen LogP contribution is 2.19. The molecule has 0 heterocycles. The monoisotopic (exact) mass is 304 g/mol. The van der Waals surface area contributed by atoms with E-state index in [1.54, 1.807) is 12.1 Å². The number of nitrogens with one attached hydrogen (secondary N) is 2. The molecule has 0 aliphatic heterocycles. The molecular formula is C16H17FN2OS. The first-order chi connectivity index (χ1) is 10.2. The summed E-state index contributed by atoms with van der Waals surface area (Å²) < 4.78 is 12.8. The third kappa shape index (κ3) is 5.21. The standard InChI is InChI=1S/C16H17FN2OS/c1-18-10-12-3-2-4-15(9-12)21-11-16(20)19-14-7-5-13(17)6-8-14/h2-9,18H,10-11H2,1H3,(H,19,20). The van der Waals surface area contributed by atoms with Gasteiger partial charge in [-0.1, -0.05) is 12.1 Å². The van der Waals surface area contributed by atoms with Crippen molar-refractivity contribution in [2.75, 3.05) is 18.1 Å². The van der Waals surface area contributed by atoms with Gasteiger partial charge < -0.3 is 10.6 Å². The maximum atomic E-state index is 12.8. The molecule has 0 aromatic heterocycles. The van der Waals surface area contributed by atoms with Crippen LogP contribution >= 0.6 is 11.8 Å². The zero-order valence-corrected chi connectivity index (χ0v) is 12.5. The van der Waals surface area contributed by atoms with Crippen LogP contribution in [0.25, 0.3) is 0 Å². The molecule has 110 valence electrons. The van der Waals surface area contributed by atoms with Crippen molar-refractivity contribution in [3.05, 3.63) is 59.9 Å². The Morgan fingerprint density at radius 1 is 1.19 bits per heavy atom. The fraction of sp³-hybridized carbons (Fsp3) is 0.188. The summed E-state index contributed by atoms with van der Waals surface area (Å²) in [5, 5.41) is 5.83. The molecule has 0 aliphatic carbocycles. The van der Waals surface area contributed by atoms with Crippen LogP contribution < -0.4 is 10.6 Å². The van der Waals surface area contributed by atoms with Gasteiger partial charge in [-0.3, -0.25) is 4.79 Å². The predicted molar refractivity (Wildman–Crippen MR) is 85.0 cm³/mol. The topological polar surface area (TPSA) is 41.1 Å². The molecule has 2 aromatic carbocycles. The molecule has 0 spiro atoms. The lowest BCUT2D eigenvalue weighted by Gasteiger charge is -2.06. The minimum absolute atomic E-state index is 0.106. The minimum atomic E-state index is -0.316. The van der Waals surface area contributed by atoms with Crippen molar-refractivity contribution in [3.63, 3.8) is 0 Å². The highest BCUT2D eigenvalue weighted by Gasteiger charge is 2.04. The Hall–Kier alpha value is -1.85. The third-order valence-electron chi connectivity index (χ3n) is 2.78. The van der Waals surface area contributed by atoms with Crippen molar-refractivity contribution in [1.29, 1.82) is 0 Å². The fourth-order valence-electron chi connectivity index (χ4n) is 1.83. The Morgan fingerprint density at radius 3 is 2.67 bits per heavy atom. The van der Waals surface area contributed by atoms with Gasteiger partial charge in [0.1, 0.15) is 5.82 Å². The number of carbonyl (C=O) groups excluding carboxylic acids is 1. The van der Waals surface area contributed by atoms with Crippen molar-refractivity contribution < 1.29 is 9.18 Å². The van der Waals surface area contributed by atoms with Crippen LogP contribution in [0.1, 0.15) is 5.56 Å². The number of anilines is 1. The molecule has 1 amide bonds. The van der Waals surface area contributed by atoms with E-state index >= 15 is 0 Å². The summed E-state index contributed by atoms with van der Waals surface area (Å²) >= 11 is 1.48. The SMILES string of the molecule is CNCc1cccc(SCC(=O)Nc2ccc(F)cc2)c1. The van der Waals surface area contributed by atoms with Gasteiger partial charge in [-0.05, 0) is 49.0 Å². The lowest BCUT2D eigenvalue weighted by atomic mass is 10.2. The van der Waals surface area contributed by atoms with Crippen LogP contribution in [0.5, 0.6) is 0 Å². The maximum absolute atomic E-state index is 12.8. The number of thioether (sulfide) groups is 1. The molecule has 21 heavy (non-hydrogen) atoms. The molecule has 0 atom stereocenters. The van der Waals surface area contributed by atoms with E-state index in [2.05, 4.69) is 16.7 Å². The van der Waals surface area contributed by atoms with E-state index in [0.29, 0.717) is 11.4 Å². The molecule has 5 heteroatoms. The van der Waals surface area contributed by atoms with Crippen LogP contribution in [-0.4, -0.2) is 18.7 Å². The number of hydrogen-bond donors (Lipinski definition) is 2. The number of amides is 1. The lowest BCUT2D eigenvalue weighted by molar-refractivity contribution is -0.113. The lowest BCUT2D eigenvalue weighted by Crippen LogP contribution is -2.13. The van der Waals surface area contributed by atoms with Gasteiger partial charge in [0.15, 0.2) is 0 Å². The Labute approximate surface area is 127 Å². The van der Waals surface area contributed by atoms with Crippen molar-refractivity contribution >= 4 is 23.4 Å². The molecule has 0 radical (unpaired) electrons. The largest absolute Gasteiger partial charge is 0.325 e. The highest BCUT2D eigenvalue weighted by molar-refractivity contribution is 8.00. The smallest absolute Gasteiger partial charge is 0.234 e. The molecule has 0 saturated carbocycles. The van der Waals surface area contributed by atoms with Crippen molar-refractivity contribution in [2.45, 2.75) is 11.4 Å². The normalized spacial score (nSPS) is 10.4. The zero-order chi connectivity index (χ0) is 15.1. The average molecular weight is 304 g/mol. The van der Waals surface area contributed by atoms with Gasteiger partial charge in [0.2, 0.25) is 5.91 Å². The number of carbonyl (C=O) groups is 1. The Kier molecular flexibility index (Phi) is 5.78.